The summed E-state index contributed by atoms with van der Waals surface area (Å²) < 4.78 is 0. The summed E-state index contributed by atoms with van der Waals surface area (Å²) in [7, 11) is 0. The lowest BCUT2D eigenvalue weighted by Gasteiger charge is -2.15. The molecular formula is C51H33N3. The van der Waals surface area contributed by atoms with Gasteiger partial charge in [0.2, 0.25) is 0 Å². The highest BCUT2D eigenvalue weighted by Crippen LogP contribution is 2.40. The average molecular weight is 688 g/mol. The van der Waals surface area contributed by atoms with Crippen molar-refractivity contribution < 1.29 is 0 Å². The van der Waals surface area contributed by atoms with Crippen LogP contribution in [0.1, 0.15) is 16.7 Å². The third kappa shape index (κ3) is 6.13. The molecule has 1 N–H and O–H groups in total. The molecule has 0 unspecified atom stereocenters. The van der Waals surface area contributed by atoms with Crippen LogP contribution in [0.25, 0.3) is 76.3 Å². The van der Waals surface area contributed by atoms with Crippen LogP contribution in [-0.4, -0.2) is 11.5 Å². The predicted molar refractivity (Wildman–Crippen MR) is 229 cm³/mol. The third-order valence-electron chi connectivity index (χ3n) is 10.1. The predicted octanol–water partition coefficient (Wildman–Crippen LogP) is 13.7. The molecule has 0 amide bonds. The van der Waals surface area contributed by atoms with Crippen molar-refractivity contribution in [3.63, 3.8) is 0 Å². The molecular weight excluding hydrogens is 655 g/mol. The summed E-state index contributed by atoms with van der Waals surface area (Å²) in [6.45, 7) is 7.38. The van der Waals surface area contributed by atoms with Gasteiger partial charge in [-0.05, 0) is 95.2 Å². The van der Waals surface area contributed by atoms with E-state index in [4.69, 9.17) is 17.0 Å². The molecule has 0 saturated heterocycles. The number of hydrogen-bond donors (Lipinski definition) is 1. The topological polar surface area (TPSA) is 40.6 Å². The Morgan fingerprint density at radius 2 is 1.19 bits per heavy atom. The monoisotopic (exact) mass is 687 g/mol. The summed E-state index contributed by atoms with van der Waals surface area (Å²) in [6.07, 6.45) is 4.08. The lowest BCUT2D eigenvalue weighted by Crippen LogP contribution is -2.05. The van der Waals surface area contributed by atoms with Crippen LogP contribution in [0.2, 0.25) is 0 Å². The minimum atomic E-state index is 0.188. The first-order valence-electron chi connectivity index (χ1n) is 18.0. The average Bonchev–Trinajstić information content (AvgIpc) is 3.24. The van der Waals surface area contributed by atoms with Gasteiger partial charge in [-0.3, -0.25) is 5.41 Å². The molecule has 0 fully saturated rings. The fourth-order valence-corrected chi connectivity index (χ4v) is 7.47. The Morgan fingerprint density at radius 1 is 0.519 bits per heavy atom. The summed E-state index contributed by atoms with van der Waals surface area (Å²) in [4.78, 5) is 8.45. The minimum Gasteiger partial charge on any atom is -0.282 e. The zero-order valence-electron chi connectivity index (χ0n) is 29.4. The molecule has 0 atom stereocenters. The van der Waals surface area contributed by atoms with Crippen molar-refractivity contribution in [1.82, 2.24) is 0 Å². The summed E-state index contributed by atoms with van der Waals surface area (Å²) in [5.74, 6) is 0.188. The van der Waals surface area contributed by atoms with E-state index < -0.39 is 0 Å². The number of nitrogens with zero attached hydrogens (tertiary/aromatic N) is 2. The van der Waals surface area contributed by atoms with Crippen LogP contribution in [0, 0.1) is 12.0 Å². The van der Waals surface area contributed by atoms with Crippen LogP contribution in [0.5, 0.6) is 0 Å². The van der Waals surface area contributed by atoms with Gasteiger partial charge in [-0.1, -0.05) is 170 Å². The van der Waals surface area contributed by atoms with Crippen molar-refractivity contribution in [3.05, 3.63) is 216 Å². The molecule has 3 heteroatoms. The molecule has 0 aliphatic rings. The van der Waals surface area contributed by atoms with Gasteiger partial charge in [0.1, 0.15) is 0 Å². The molecule has 9 aromatic carbocycles. The van der Waals surface area contributed by atoms with E-state index in [-0.39, 0.29) is 5.84 Å². The maximum Gasteiger partial charge on any atom is 0.187 e. The number of aliphatic imine (C=N–C) groups is 1. The molecule has 0 aliphatic carbocycles. The number of amidine groups is 1. The maximum atomic E-state index is 8.91. The van der Waals surface area contributed by atoms with Crippen LogP contribution in [0.15, 0.2) is 193 Å². The molecule has 3 nitrogen and oxygen atoms in total. The molecule has 0 bridgehead atoms. The zero-order valence-corrected chi connectivity index (χ0v) is 29.4. The van der Waals surface area contributed by atoms with Gasteiger partial charge in [0.15, 0.2) is 11.5 Å². The van der Waals surface area contributed by atoms with Crippen molar-refractivity contribution in [1.29, 1.82) is 5.41 Å². The van der Waals surface area contributed by atoms with Gasteiger partial charge in [0.05, 0.1) is 12.3 Å². The molecule has 252 valence electrons. The number of fused-ring (bicyclic) bond motifs is 5. The summed E-state index contributed by atoms with van der Waals surface area (Å²) in [5.41, 5.74) is 8.38. The van der Waals surface area contributed by atoms with Crippen molar-refractivity contribution >= 4 is 66.4 Å². The third-order valence-corrected chi connectivity index (χ3v) is 10.1. The minimum absolute atomic E-state index is 0.188. The Labute approximate surface area is 314 Å². The SMILES string of the molecule is [C-]#[N+]c1ccc(-c2ccccc2C(/C=C/c2ccc3cc(-c4c5ccccc5cc5c4ccc4ccccc45)ccc3c2)=NC(=N)c2ccccc2)cc1. The summed E-state index contributed by atoms with van der Waals surface area (Å²) in [5, 5.41) is 18.7. The normalized spacial score (nSPS) is 11.8. The lowest BCUT2D eigenvalue weighted by atomic mass is 9.89. The Morgan fingerprint density at radius 3 is 2.02 bits per heavy atom. The Hall–Kier alpha value is -7.41. The molecule has 0 aromatic heterocycles. The molecule has 0 aliphatic heterocycles. The molecule has 0 spiro atoms. The highest BCUT2D eigenvalue weighted by atomic mass is 14.8. The standard InChI is InChI=1S/C51H33N3/c1-53-42-27-24-36(25-28-42)43-15-9-10-18-46(43)49(54-51(52)37-12-3-2-4-13-37)30-20-34-19-21-39-32-41(23-22-38(39)31-34)50-45-17-8-6-14-40(45)33-48-44-16-7-5-11-35(44)26-29-47(48)50/h2-33,52H/b30-20+,52-51?,54-49?. The van der Waals surface area contributed by atoms with E-state index in [2.05, 4.69) is 120 Å². The van der Waals surface area contributed by atoms with Crippen LogP contribution in [-0.2, 0) is 0 Å². The second-order valence-electron chi connectivity index (χ2n) is 13.4. The van der Waals surface area contributed by atoms with Gasteiger partial charge < -0.3 is 0 Å². The van der Waals surface area contributed by atoms with Gasteiger partial charge in [0, 0.05) is 11.1 Å². The zero-order chi connectivity index (χ0) is 36.4. The van der Waals surface area contributed by atoms with E-state index in [0.717, 1.165) is 33.2 Å². The van der Waals surface area contributed by atoms with Crippen molar-refractivity contribution in [2.24, 2.45) is 4.99 Å². The first-order chi connectivity index (χ1) is 26.6. The van der Waals surface area contributed by atoms with Gasteiger partial charge in [-0.15, -0.1) is 0 Å². The Balaban J connectivity index is 1.12. The molecule has 9 aromatic rings. The fourth-order valence-electron chi connectivity index (χ4n) is 7.47. The first-order valence-corrected chi connectivity index (χ1v) is 18.0. The largest absolute Gasteiger partial charge is 0.282 e. The van der Waals surface area contributed by atoms with Gasteiger partial charge in [-0.2, -0.15) is 0 Å². The molecule has 0 radical (unpaired) electrons. The van der Waals surface area contributed by atoms with Gasteiger partial charge in [0.25, 0.3) is 0 Å². The molecule has 0 heterocycles. The number of nitrogens with one attached hydrogen (secondary N) is 1. The van der Waals surface area contributed by atoms with Gasteiger partial charge >= 0.3 is 0 Å². The van der Waals surface area contributed by atoms with Crippen LogP contribution >= 0.6 is 0 Å². The second kappa shape index (κ2) is 14.0. The van der Waals surface area contributed by atoms with Crippen LogP contribution < -0.4 is 0 Å². The van der Waals surface area contributed by atoms with E-state index >= 15 is 0 Å². The highest BCUT2D eigenvalue weighted by Gasteiger charge is 2.14. The number of benzene rings is 9. The van der Waals surface area contributed by atoms with E-state index in [0.29, 0.717) is 11.4 Å². The van der Waals surface area contributed by atoms with E-state index in [1.54, 1.807) is 0 Å². The van der Waals surface area contributed by atoms with Crippen molar-refractivity contribution in [2.75, 3.05) is 0 Å². The van der Waals surface area contributed by atoms with E-state index in [1.165, 1.54) is 48.8 Å². The fraction of sp³-hybridized carbons (Fsp3) is 0. The number of allylic oxidation sites excluding steroid dienone is 1. The highest BCUT2D eigenvalue weighted by molar-refractivity contribution is 6.21. The summed E-state index contributed by atoms with van der Waals surface area (Å²) >= 11 is 0. The Kier molecular flexibility index (Phi) is 8.40. The number of hydrogen-bond acceptors (Lipinski definition) is 1. The van der Waals surface area contributed by atoms with Crippen molar-refractivity contribution in [3.8, 4) is 22.3 Å². The van der Waals surface area contributed by atoms with Crippen molar-refractivity contribution in [2.45, 2.75) is 0 Å². The molecule has 9 rings (SSSR count). The van der Waals surface area contributed by atoms with Gasteiger partial charge in [-0.25, -0.2) is 9.84 Å². The maximum absolute atomic E-state index is 8.91. The van der Waals surface area contributed by atoms with E-state index in [9.17, 15) is 0 Å². The quantitative estimate of drug-likeness (QED) is 0.0594. The van der Waals surface area contributed by atoms with Crippen LogP contribution in [0.3, 0.4) is 0 Å². The van der Waals surface area contributed by atoms with E-state index in [1.807, 2.05) is 78.9 Å². The Bertz CT molecular complexity index is 3000. The lowest BCUT2D eigenvalue weighted by molar-refractivity contribution is 1.41. The first kappa shape index (κ1) is 32.5. The second-order valence-corrected chi connectivity index (χ2v) is 13.4. The smallest absolute Gasteiger partial charge is 0.187 e. The summed E-state index contributed by atoms with van der Waals surface area (Å²) in [6, 6.07) is 62.8. The number of rotatable bonds is 6. The van der Waals surface area contributed by atoms with Crippen LogP contribution in [0.4, 0.5) is 5.69 Å². The molecule has 54 heavy (non-hydrogen) atoms. The molecule has 0 saturated carbocycles.